The summed E-state index contributed by atoms with van der Waals surface area (Å²) in [7, 11) is 0. The standard InChI is InChI=1S/C14H15N3O2/c15-12-7-3-4-9-8-16-13(17(9)12)10-5-1-2-6-11(10)14(18)19/h1-2,5-6,8,12H,3-4,7,15H2,(H,18,19). The predicted octanol–water partition coefficient (Wildman–Crippen LogP) is 2.04. The predicted molar refractivity (Wildman–Crippen MR) is 70.8 cm³/mol. The van der Waals surface area contributed by atoms with Gasteiger partial charge in [0.25, 0.3) is 0 Å². The van der Waals surface area contributed by atoms with Crippen LogP contribution in [0.4, 0.5) is 0 Å². The van der Waals surface area contributed by atoms with Crippen LogP contribution < -0.4 is 5.73 Å². The number of nitrogens with two attached hydrogens (primary N) is 1. The molecule has 1 aromatic carbocycles. The topological polar surface area (TPSA) is 81.1 Å². The molecule has 3 rings (SSSR count). The van der Waals surface area contributed by atoms with Crippen LogP contribution in [0.1, 0.15) is 35.1 Å². The van der Waals surface area contributed by atoms with Crippen molar-refractivity contribution in [1.29, 1.82) is 0 Å². The number of nitrogens with zero attached hydrogens (tertiary/aromatic N) is 2. The molecule has 3 N–H and O–H groups in total. The monoisotopic (exact) mass is 257 g/mol. The quantitative estimate of drug-likeness (QED) is 0.862. The Kier molecular flexibility index (Phi) is 2.83. The zero-order chi connectivity index (χ0) is 13.4. The lowest BCUT2D eigenvalue weighted by atomic mass is 10.0. The summed E-state index contributed by atoms with van der Waals surface area (Å²) in [6, 6.07) is 6.90. The lowest BCUT2D eigenvalue weighted by Crippen LogP contribution is -2.25. The van der Waals surface area contributed by atoms with E-state index in [2.05, 4.69) is 4.98 Å². The smallest absolute Gasteiger partial charge is 0.336 e. The average Bonchev–Trinajstić information content (AvgIpc) is 2.84. The average molecular weight is 257 g/mol. The Hall–Kier alpha value is -2.14. The van der Waals surface area contributed by atoms with E-state index in [4.69, 9.17) is 5.73 Å². The van der Waals surface area contributed by atoms with E-state index in [1.54, 1.807) is 24.4 Å². The van der Waals surface area contributed by atoms with Gasteiger partial charge in [0.15, 0.2) is 0 Å². The minimum absolute atomic E-state index is 0.122. The van der Waals surface area contributed by atoms with Crippen LogP contribution >= 0.6 is 0 Å². The number of carboxylic acid groups (broad SMARTS) is 1. The lowest BCUT2D eigenvalue weighted by Gasteiger charge is -2.24. The van der Waals surface area contributed by atoms with Gasteiger partial charge in [-0.2, -0.15) is 0 Å². The van der Waals surface area contributed by atoms with Gasteiger partial charge in [0.1, 0.15) is 5.82 Å². The van der Waals surface area contributed by atoms with Gasteiger partial charge in [0.2, 0.25) is 0 Å². The molecule has 1 unspecified atom stereocenters. The van der Waals surface area contributed by atoms with E-state index >= 15 is 0 Å². The Morgan fingerprint density at radius 2 is 2.21 bits per heavy atom. The molecule has 1 aliphatic rings. The maximum atomic E-state index is 11.3. The number of carboxylic acids is 1. The summed E-state index contributed by atoms with van der Waals surface area (Å²) in [5, 5.41) is 9.27. The summed E-state index contributed by atoms with van der Waals surface area (Å²) in [5.74, 6) is -0.294. The number of carbonyl (C=O) groups is 1. The number of benzene rings is 1. The zero-order valence-corrected chi connectivity index (χ0v) is 10.4. The fraction of sp³-hybridized carbons (Fsp3) is 0.286. The van der Waals surface area contributed by atoms with Crippen molar-refractivity contribution in [3.05, 3.63) is 41.7 Å². The van der Waals surface area contributed by atoms with Gasteiger partial charge in [0, 0.05) is 17.5 Å². The van der Waals surface area contributed by atoms with Crippen molar-refractivity contribution < 1.29 is 9.90 Å². The largest absolute Gasteiger partial charge is 0.478 e. The Morgan fingerprint density at radius 3 is 3.00 bits per heavy atom. The molecule has 98 valence electrons. The molecule has 0 spiro atoms. The molecule has 1 atom stereocenters. The van der Waals surface area contributed by atoms with Crippen molar-refractivity contribution in [2.24, 2.45) is 5.73 Å². The Labute approximate surface area is 110 Å². The van der Waals surface area contributed by atoms with Crippen LogP contribution in [0.5, 0.6) is 0 Å². The van der Waals surface area contributed by atoms with Gasteiger partial charge in [0.05, 0.1) is 11.7 Å². The van der Waals surface area contributed by atoms with Gasteiger partial charge in [-0.1, -0.05) is 18.2 Å². The second kappa shape index (κ2) is 4.51. The number of aromatic carboxylic acids is 1. The highest BCUT2D eigenvalue weighted by Gasteiger charge is 2.23. The van der Waals surface area contributed by atoms with Crippen LogP contribution in [0, 0.1) is 0 Å². The lowest BCUT2D eigenvalue weighted by molar-refractivity contribution is 0.0697. The first-order valence-corrected chi connectivity index (χ1v) is 6.33. The third-order valence-electron chi connectivity index (χ3n) is 3.54. The molecule has 5 heteroatoms. The summed E-state index contributed by atoms with van der Waals surface area (Å²) in [6.07, 6.45) is 4.56. The number of hydrogen-bond acceptors (Lipinski definition) is 3. The molecule has 2 aromatic rings. The zero-order valence-electron chi connectivity index (χ0n) is 10.4. The molecule has 0 radical (unpaired) electrons. The first kappa shape index (κ1) is 11.9. The maximum Gasteiger partial charge on any atom is 0.336 e. The number of imidazole rings is 1. The molecule has 2 heterocycles. The summed E-state index contributed by atoms with van der Waals surface area (Å²) in [4.78, 5) is 15.7. The van der Waals surface area contributed by atoms with Crippen LogP contribution in [0.2, 0.25) is 0 Å². The Morgan fingerprint density at radius 1 is 1.42 bits per heavy atom. The van der Waals surface area contributed by atoms with Crippen molar-refractivity contribution in [3.8, 4) is 11.4 Å². The minimum Gasteiger partial charge on any atom is -0.478 e. The molecular formula is C14H15N3O2. The van der Waals surface area contributed by atoms with E-state index < -0.39 is 5.97 Å². The second-order valence-electron chi connectivity index (χ2n) is 4.75. The van der Waals surface area contributed by atoms with Crippen molar-refractivity contribution >= 4 is 5.97 Å². The number of aryl methyl sites for hydroxylation is 1. The molecule has 1 aromatic heterocycles. The first-order valence-electron chi connectivity index (χ1n) is 6.33. The van der Waals surface area contributed by atoms with E-state index in [1.165, 1.54) is 0 Å². The van der Waals surface area contributed by atoms with Crippen LogP contribution in [0.15, 0.2) is 30.5 Å². The Bertz CT molecular complexity index is 633. The molecule has 1 aliphatic heterocycles. The molecule has 5 nitrogen and oxygen atoms in total. The fourth-order valence-corrected chi connectivity index (χ4v) is 2.64. The molecule has 0 bridgehead atoms. The van der Waals surface area contributed by atoms with Crippen LogP contribution in [0.25, 0.3) is 11.4 Å². The third-order valence-corrected chi connectivity index (χ3v) is 3.54. The van der Waals surface area contributed by atoms with E-state index in [-0.39, 0.29) is 11.7 Å². The van der Waals surface area contributed by atoms with E-state index in [0.717, 1.165) is 25.0 Å². The highest BCUT2D eigenvalue weighted by atomic mass is 16.4. The number of aromatic nitrogens is 2. The molecule has 0 saturated heterocycles. The summed E-state index contributed by atoms with van der Waals surface area (Å²) in [6.45, 7) is 0. The van der Waals surface area contributed by atoms with Crippen molar-refractivity contribution in [2.75, 3.05) is 0 Å². The number of hydrogen-bond donors (Lipinski definition) is 2. The van der Waals surface area contributed by atoms with E-state index in [1.807, 2.05) is 10.6 Å². The molecule has 0 amide bonds. The van der Waals surface area contributed by atoms with E-state index in [0.29, 0.717) is 11.4 Å². The van der Waals surface area contributed by atoms with Crippen LogP contribution in [-0.4, -0.2) is 20.6 Å². The van der Waals surface area contributed by atoms with Gasteiger partial charge in [-0.3, -0.25) is 0 Å². The third kappa shape index (κ3) is 1.92. The fourth-order valence-electron chi connectivity index (χ4n) is 2.64. The van der Waals surface area contributed by atoms with Crippen molar-refractivity contribution in [1.82, 2.24) is 9.55 Å². The van der Waals surface area contributed by atoms with Crippen molar-refractivity contribution in [3.63, 3.8) is 0 Å². The van der Waals surface area contributed by atoms with Gasteiger partial charge in [-0.25, -0.2) is 9.78 Å². The SMILES string of the molecule is NC1CCCc2cnc(-c3ccccc3C(=O)O)n21. The molecule has 0 aliphatic carbocycles. The van der Waals surface area contributed by atoms with Gasteiger partial charge in [-0.15, -0.1) is 0 Å². The van der Waals surface area contributed by atoms with Crippen LogP contribution in [0.3, 0.4) is 0 Å². The minimum atomic E-state index is -0.947. The summed E-state index contributed by atoms with van der Waals surface area (Å²) >= 11 is 0. The summed E-state index contributed by atoms with van der Waals surface area (Å²) < 4.78 is 1.96. The van der Waals surface area contributed by atoms with Crippen molar-refractivity contribution in [2.45, 2.75) is 25.4 Å². The highest BCUT2D eigenvalue weighted by Crippen LogP contribution is 2.30. The van der Waals surface area contributed by atoms with Gasteiger partial charge >= 0.3 is 5.97 Å². The Balaban J connectivity index is 2.18. The number of fused-ring (bicyclic) bond motifs is 1. The molecular weight excluding hydrogens is 242 g/mol. The van der Waals surface area contributed by atoms with Gasteiger partial charge in [-0.05, 0) is 25.3 Å². The maximum absolute atomic E-state index is 11.3. The summed E-state index contributed by atoms with van der Waals surface area (Å²) in [5.41, 5.74) is 8.09. The normalized spacial score (nSPS) is 18.1. The highest BCUT2D eigenvalue weighted by molar-refractivity contribution is 5.95. The molecule has 0 saturated carbocycles. The molecule has 0 fully saturated rings. The van der Waals surface area contributed by atoms with E-state index in [9.17, 15) is 9.90 Å². The van der Waals surface area contributed by atoms with Gasteiger partial charge < -0.3 is 15.4 Å². The molecule has 19 heavy (non-hydrogen) atoms. The first-order chi connectivity index (χ1) is 9.18. The number of rotatable bonds is 2. The second-order valence-corrected chi connectivity index (χ2v) is 4.75. The van der Waals surface area contributed by atoms with Crippen LogP contribution in [-0.2, 0) is 6.42 Å².